The molecule has 0 amide bonds. The van der Waals surface area contributed by atoms with Crippen molar-refractivity contribution in [3.05, 3.63) is 24.3 Å². The number of halogens is 1. The van der Waals surface area contributed by atoms with Crippen molar-refractivity contribution in [2.24, 2.45) is 0 Å². The molecule has 3 heteroatoms. The van der Waals surface area contributed by atoms with E-state index in [1.807, 2.05) is 0 Å². The Hall–Kier alpha value is -0.990. The van der Waals surface area contributed by atoms with Gasteiger partial charge >= 0.3 is 0 Å². The number of rotatable bonds is 1. The van der Waals surface area contributed by atoms with Crippen molar-refractivity contribution >= 4 is 0 Å². The van der Waals surface area contributed by atoms with E-state index < -0.39 is 6.67 Å². The summed E-state index contributed by atoms with van der Waals surface area (Å²) in [5, 5.41) is 0. The van der Waals surface area contributed by atoms with Gasteiger partial charge in [0.05, 0.1) is 0 Å². The highest BCUT2D eigenvalue weighted by Gasteiger charge is 1.86. The average Bonchev–Trinajstić information content (AvgIpc) is 1.90. The average molecular weight is 112 g/mol. The summed E-state index contributed by atoms with van der Waals surface area (Å²) in [4.78, 5) is 7.22. The van der Waals surface area contributed by atoms with Crippen LogP contribution in [0.1, 0.15) is 5.82 Å². The first-order chi connectivity index (χ1) is 3.93. The highest BCUT2D eigenvalue weighted by atomic mass is 19.1. The highest BCUT2D eigenvalue weighted by molar-refractivity contribution is 4.85. The lowest BCUT2D eigenvalue weighted by Crippen LogP contribution is -1.86. The maximum Gasteiger partial charge on any atom is 0.159 e. The Kier molecular flexibility index (Phi) is 1.51. The SMILES string of the molecule is FCc1ncccn1. The molecule has 0 unspecified atom stereocenters. The van der Waals surface area contributed by atoms with Gasteiger partial charge in [-0.3, -0.25) is 0 Å². The van der Waals surface area contributed by atoms with Gasteiger partial charge in [0.2, 0.25) is 0 Å². The molecule has 1 heterocycles. The molecule has 0 atom stereocenters. The van der Waals surface area contributed by atoms with E-state index in [2.05, 4.69) is 9.97 Å². The fourth-order valence-electron chi connectivity index (χ4n) is 0.399. The number of nitrogens with zero attached hydrogens (tertiary/aromatic N) is 2. The molecule has 0 aromatic carbocycles. The summed E-state index contributed by atoms with van der Waals surface area (Å²) >= 11 is 0. The molecule has 0 aliphatic rings. The normalized spacial score (nSPS) is 9.12. The number of aromatic nitrogens is 2. The summed E-state index contributed by atoms with van der Waals surface area (Å²) in [5.41, 5.74) is 0. The molecule has 0 spiro atoms. The van der Waals surface area contributed by atoms with Gasteiger partial charge in [-0.15, -0.1) is 0 Å². The minimum absolute atomic E-state index is 0.243. The van der Waals surface area contributed by atoms with E-state index in [4.69, 9.17) is 0 Å². The van der Waals surface area contributed by atoms with Crippen molar-refractivity contribution in [3.8, 4) is 0 Å². The van der Waals surface area contributed by atoms with Crippen LogP contribution in [0.25, 0.3) is 0 Å². The standard InChI is InChI=1S/C5H5FN2/c6-4-5-7-2-1-3-8-5/h1-3H,4H2. The van der Waals surface area contributed by atoms with Crippen LogP contribution in [0.15, 0.2) is 18.5 Å². The lowest BCUT2D eigenvalue weighted by atomic mass is 10.6. The largest absolute Gasteiger partial charge is 0.242 e. The number of hydrogen-bond acceptors (Lipinski definition) is 2. The van der Waals surface area contributed by atoms with Crippen molar-refractivity contribution in [1.82, 2.24) is 9.97 Å². The molecule has 1 rings (SSSR count). The predicted octanol–water partition coefficient (Wildman–Crippen LogP) is 0.946. The van der Waals surface area contributed by atoms with Gasteiger partial charge in [-0.2, -0.15) is 0 Å². The summed E-state index contributed by atoms with van der Waals surface area (Å²) in [6.45, 7) is -0.582. The third-order valence-electron chi connectivity index (χ3n) is 0.739. The maximum absolute atomic E-state index is 11.6. The zero-order valence-corrected chi connectivity index (χ0v) is 4.21. The number of alkyl halides is 1. The van der Waals surface area contributed by atoms with Gasteiger partial charge in [0.15, 0.2) is 5.82 Å². The molecular formula is C5H5FN2. The van der Waals surface area contributed by atoms with Gasteiger partial charge in [0, 0.05) is 12.4 Å². The third-order valence-corrected chi connectivity index (χ3v) is 0.739. The van der Waals surface area contributed by atoms with Crippen LogP contribution in [-0.4, -0.2) is 9.97 Å². The van der Waals surface area contributed by atoms with Crippen LogP contribution in [0.4, 0.5) is 4.39 Å². The summed E-state index contributed by atoms with van der Waals surface area (Å²) in [6, 6.07) is 1.65. The molecule has 1 aromatic heterocycles. The fraction of sp³-hybridized carbons (Fsp3) is 0.200. The zero-order valence-electron chi connectivity index (χ0n) is 4.21. The van der Waals surface area contributed by atoms with Gasteiger partial charge in [-0.25, -0.2) is 14.4 Å². The molecule has 0 aliphatic heterocycles. The molecule has 8 heavy (non-hydrogen) atoms. The summed E-state index contributed by atoms with van der Waals surface area (Å²) in [7, 11) is 0. The van der Waals surface area contributed by atoms with E-state index in [0.29, 0.717) is 0 Å². The van der Waals surface area contributed by atoms with Crippen LogP contribution in [0.2, 0.25) is 0 Å². The van der Waals surface area contributed by atoms with E-state index in [0.717, 1.165) is 0 Å². The summed E-state index contributed by atoms with van der Waals surface area (Å²) < 4.78 is 11.6. The Labute approximate surface area is 46.4 Å². The molecule has 42 valence electrons. The molecule has 0 saturated carbocycles. The van der Waals surface area contributed by atoms with Gasteiger partial charge in [0.1, 0.15) is 6.67 Å². The quantitative estimate of drug-likeness (QED) is 0.540. The van der Waals surface area contributed by atoms with Crippen LogP contribution < -0.4 is 0 Å². The van der Waals surface area contributed by atoms with Gasteiger partial charge in [-0.05, 0) is 6.07 Å². The van der Waals surface area contributed by atoms with Gasteiger partial charge < -0.3 is 0 Å². The Balaban J connectivity index is 2.83. The molecule has 2 nitrogen and oxygen atoms in total. The zero-order chi connectivity index (χ0) is 5.82. The topological polar surface area (TPSA) is 25.8 Å². The smallest absolute Gasteiger partial charge is 0.159 e. The van der Waals surface area contributed by atoms with E-state index in [-0.39, 0.29) is 5.82 Å². The lowest BCUT2D eigenvalue weighted by molar-refractivity contribution is 0.465. The van der Waals surface area contributed by atoms with Crippen molar-refractivity contribution in [1.29, 1.82) is 0 Å². The van der Waals surface area contributed by atoms with Crippen LogP contribution in [0, 0.1) is 0 Å². The van der Waals surface area contributed by atoms with Crippen LogP contribution in [0.5, 0.6) is 0 Å². The van der Waals surface area contributed by atoms with Crippen LogP contribution in [-0.2, 0) is 6.67 Å². The number of hydrogen-bond donors (Lipinski definition) is 0. The molecular weight excluding hydrogens is 107 g/mol. The van der Waals surface area contributed by atoms with Crippen molar-refractivity contribution < 1.29 is 4.39 Å². The highest BCUT2D eigenvalue weighted by Crippen LogP contribution is 1.87. The first kappa shape index (κ1) is 5.15. The molecule has 0 aliphatic carbocycles. The lowest BCUT2D eigenvalue weighted by Gasteiger charge is -1.85. The van der Waals surface area contributed by atoms with E-state index in [9.17, 15) is 4.39 Å². The monoisotopic (exact) mass is 112 g/mol. The molecule has 0 N–H and O–H groups in total. The Morgan fingerprint density at radius 3 is 2.38 bits per heavy atom. The Morgan fingerprint density at radius 2 is 2.00 bits per heavy atom. The van der Waals surface area contributed by atoms with Gasteiger partial charge in [-0.1, -0.05) is 0 Å². The van der Waals surface area contributed by atoms with Crippen molar-refractivity contribution in [2.75, 3.05) is 0 Å². The Bertz CT molecular complexity index is 152. The van der Waals surface area contributed by atoms with Crippen molar-refractivity contribution in [3.63, 3.8) is 0 Å². The minimum atomic E-state index is -0.582. The molecule has 0 saturated heterocycles. The first-order valence-electron chi connectivity index (χ1n) is 2.25. The van der Waals surface area contributed by atoms with E-state index in [1.165, 1.54) is 12.4 Å². The molecule has 0 fully saturated rings. The Morgan fingerprint density at radius 1 is 1.38 bits per heavy atom. The second kappa shape index (κ2) is 2.35. The second-order valence-electron chi connectivity index (χ2n) is 1.30. The third kappa shape index (κ3) is 0.992. The molecule has 0 bridgehead atoms. The first-order valence-corrected chi connectivity index (χ1v) is 2.25. The summed E-state index contributed by atoms with van der Waals surface area (Å²) in [6.07, 6.45) is 3.03. The maximum atomic E-state index is 11.6. The minimum Gasteiger partial charge on any atom is -0.242 e. The van der Waals surface area contributed by atoms with Crippen LogP contribution in [0.3, 0.4) is 0 Å². The predicted molar refractivity (Wildman–Crippen MR) is 26.8 cm³/mol. The summed E-state index contributed by atoms with van der Waals surface area (Å²) in [5.74, 6) is 0.243. The van der Waals surface area contributed by atoms with E-state index in [1.54, 1.807) is 6.07 Å². The van der Waals surface area contributed by atoms with Gasteiger partial charge in [0.25, 0.3) is 0 Å². The van der Waals surface area contributed by atoms with Crippen molar-refractivity contribution in [2.45, 2.75) is 6.67 Å². The van der Waals surface area contributed by atoms with Crippen LogP contribution >= 0.6 is 0 Å². The molecule has 1 aromatic rings. The second-order valence-corrected chi connectivity index (χ2v) is 1.30. The van der Waals surface area contributed by atoms with E-state index >= 15 is 0 Å². The fourth-order valence-corrected chi connectivity index (χ4v) is 0.399. The molecule has 0 radical (unpaired) electrons.